The SMILES string of the molecule is C=C1CC[C@@]2(OC1)O[C@H]1C[C@@H]3[C@@H]4CC=C5C[C@@H](O[C@@H]6O[C@@H](C)[C@H](O)[C@@H](O)[C@H]6O)C[C@@H](O[C@@H]6O[C@H](C)[C@H](O)[C@H](O)[C@H]6O[C@@H]6O[C@@H](C)[C@H](O)[C@@H](O)[C@H]6O)[C@]5(C)[C@H]4CC[C@]3(C)[C@H]1[C@@H]2C. The number of ether oxygens (including phenoxy) is 8. The standard InChI is InChI=1S/C45H70O16/c1-18-10-13-45(54-17-18)19(2)30-28(61-45)16-27-25-9-8-23-14-24(58-40-37(52)34(49)31(46)20(3)55-40)15-29(44(23,7)26(25)11-12-43(27,30)6)59-42-39(36(51)33(48)22(5)57-42)60-41-38(53)35(50)32(47)21(4)56-41/h8,19-22,24-42,46-53H,1,9-17H2,2-7H3/t19-,20-,21-,22+,24+,25+,26-,27+,28-,29+,30-,31-,32-,33-,34+,35+,36-,37+,38+,39+,40-,41-,42-,43-,44-,45+/m0/s1. The van der Waals surface area contributed by atoms with Crippen molar-refractivity contribution in [2.75, 3.05) is 6.61 Å². The number of hydrogen-bond acceptors (Lipinski definition) is 16. The van der Waals surface area contributed by atoms with Gasteiger partial charge in [0.1, 0.15) is 54.9 Å². The number of rotatable bonds is 6. The second kappa shape index (κ2) is 16.3. The Morgan fingerprint density at radius 1 is 0.689 bits per heavy atom. The van der Waals surface area contributed by atoms with Crippen LogP contribution in [0.1, 0.15) is 92.9 Å². The fourth-order valence-electron chi connectivity index (χ4n) is 13.8. The molecule has 0 aromatic carbocycles. The van der Waals surface area contributed by atoms with Gasteiger partial charge in [-0.2, -0.15) is 0 Å². The molecule has 61 heavy (non-hydrogen) atoms. The van der Waals surface area contributed by atoms with E-state index in [1.807, 2.05) is 0 Å². The predicted octanol–water partition coefficient (Wildman–Crippen LogP) is 1.16. The first kappa shape index (κ1) is 45.0. The Morgan fingerprint density at radius 2 is 1.30 bits per heavy atom. The van der Waals surface area contributed by atoms with Gasteiger partial charge in [-0.25, -0.2) is 0 Å². The molecular formula is C45H70O16. The summed E-state index contributed by atoms with van der Waals surface area (Å²) in [5.41, 5.74) is 1.68. The molecule has 16 heteroatoms. The van der Waals surface area contributed by atoms with Crippen LogP contribution in [-0.2, 0) is 37.9 Å². The second-order valence-electron chi connectivity index (χ2n) is 20.7. The normalized spacial score (nSPS) is 58.4. The van der Waals surface area contributed by atoms with Crippen LogP contribution in [-0.4, -0.2) is 164 Å². The molecule has 0 aromatic rings. The highest BCUT2D eigenvalue weighted by molar-refractivity contribution is 5.29. The molecule has 0 aromatic heterocycles. The number of aliphatic hydroxyl groups is 8. The Balaban J connectivity index is 1.02. The van der Waals surface area contributed by atoms with Crippen molar-refractivity contribution in [1.82, 2.24) is 0 Å². The minimum Gasteiger partial charge on any atom is -0.388 e. The highest BCUT2D eigenvalue weighted by Crippen LogP contribution is 2.71. The topological polar surface area (TPSA) is 236 Å². The number of aliphatic hydroxyl groups excluding tert-OH is 8. The van der Waals surface area contributed by atoms with Crippen LogP contribution in [0.15, 0.2) is 23.8 Å². The van der Waals surface area contributed by atoms with E-state index in [0.717, 1.165) is 49.7 Å². The molecular weight excluding hydrogens is 796 g/mol. The van der Waals surface area contributed by atoms with Crippen molar-refractivity contribution in [3.8, 4) is 0 Å². The summed E-state index contributed by atoms with van der Waals surface area (Å²) in [7, 11) is 0. The maximum Gasteiger partial charge on any atom is 0.187 e. The van der Waals surface area contributed by atoms with Gasteiger partial charge in [0.2, 0.25) is 0 Å². The lowest BCUT2D eigenvalue weighted by molar-refractivity contribution is -0.373. The third kappa shape index (κ3) is 7.17. The lowest BCUT2D eigenvalue weighted by Gasteiger charge is -2.61. The van der Waals surface area contributed by atoms with Crippen molar-refractivity contribution < 1.29 is 78.7 Å². The molecule has 346 valence electrons. The monoisotopic (exact) mass is 866 g/mol. The largest absolute Gasteiger partial charge is 0.388 e. The summed E-state index contributed by atoms with van der Waals surface area (Å²) in [6, 6.07) is 0. The molecule has 1 spiro atoms. The summed E-state index contributed by atoms with van der Waals surface area (Å²) < 4.78 is 51.2. The van der Waals surface area contributed by atoms with Gasteiger partial charge in [-0.3, -0.25) is 0 Å². The first-order valence-electron chi connectivity index (χ1n) is 22.8. The van der Waals surface area contributed by atoms with Crippen LogP contribution >= 0.6 is 0 Å². The minimum absolute atomic E-state index is 0.0265. The van der Waals surface area contributed by atoms with E-state index in [0.29, 0.717) is 37.2 Å². The van der Waals surface area contributed by atoms with Gasteiger partial charge in [-0.05, 0) is 88.4 Å². The molecule has 8 fully saturated rings. The fourth-order valence-corrected chi connectivity index (χ4v) is 13.8. The maximum atomic E-state index is 11.6. The van der Waals surface area contributed by atoms with Gasteiger partial charge in [-0.1, -0.05) is 44.6 Å². The predicted molar refractivity (Wildman–Crippen MR) is 213 cm³/mol. The lowest BCUT2D eigenvalue weighted by Crippen LogP contribution is -2.65. The Bertz CT molecular complexity index is 1650. The van der Waals surface area contributed by atoms with E-state index in [-0.39, 0.29) is 23.4 Å². The third-order valence-corrected chi connectivity index (χ3v) is 17.5. The summed E-state index contributed by atoms with van der Waals surface area (Å²) >= 11 is 0. The van der Waals surface area contributed by atoms with E-state index in [9.17, 15) is 40.9 Å². The van der Waals surface area contributed by atoms with Crippen LogP contribution in [0.2, 0.25) is 0 Å². The van der Waals surface area contributed by atoms with Crippen LogP contribution in [0.5, 0.6) is 0 Å². The molecule has 3 saturated carbocycles. The zero-order valence-electron chi connectivity index (χ0n) is 36.3. The van der Waals surface area contributed by atoms with Crippen LogP contribution in [0.4, 0.5) is 0 Å². The van der Waals surface area contributed by atoms with Gasteiger partial charge in [0, 0.05) is 24.2 Å². The highest BCUT2D eigenvalue weighted by atomic mass is 16.8. The number of fused-ring (bicyclic) bond motifs is 7. The molecule has 0 bridgehead atoms. The van der Waals surface area contributed by atoms with Crippen molar-refractivity contribution in [3.05, 3.63) is 23.8 Å². The summed E-state index contributed by atoms with van der Waals surface area (Å²) in [5.74, 6) is 0.839. The van der Waals surface area contributed by atoms with Crippen molar-refractivity contribution >= 4 is 0 Å². The van der Waals surface area contributed by atoms with Gasteiger partial charge < -0.3 is 78.7 Å². The van der Waals surface area contributed by atoms with Crippen molar-refractivity contribution in [2.45, 2.75) is 209 Å². The molecule has 8 N–H and O–H groups in total. The highest BCUT2D eigenvalue weighted by Gasteiger charge is 2.70. The van der Waals surface area contributed by atoms with E-state index in [2.05, 4.69) is 33.4 Å². The van der Waals surface area contributed by atoms with E-state index in [4.69, 9.17) is 37.9 Å². The first-order chi connectivity index (χ1) is 28.8. The first-order valence-corrected chi connectivity index (χ1v) is 22.8. The van der Waals surface area contributed by atoms with Gasteiger partial charge in [0.25, 0.3) is 0 Å². The summed E-state index contributed by atoms with van der Waals surface area (Å²) in [6.45, 7) is 16.5. The molecule has 9 aliphatic rings. The van der Waals surface area contributed by atoms with Crippen LogP contribution < -0.4 is 0 Å². The molecule has 26 atom stereocenters. The lowest BCUT2D eigenvalue weighted by atomic mass is 9.46. The van der Waals surface area contributed by atoms with Crippen molar-refractivity contribution in [2.24, 2.45) is 40.4 Å². The average molecular weight is 867 g/mol. The molecule has 5 aliphatic heterocycles. The minimum atomic E-state index is -1.68. The maximum absolute atomic E-state index is 11.6. The molecule has 5 heterocycles. The van der Waals surface area contributed by atoms with Crippen molar-refractivity contribution in [1.29, 1.82) is 0 Å². The third-order valence-electron chi connectivity index (χ3n) is 17.5. The van der Waals surface area contributed by atoms with E-state index in [1.54, 1.807) is 13.8 Å². The Kier molecular flexibility index (Phi) is 12.0. The van der Waals surface area contributed by atoms with Crippen LogP contribution in [0.3, 0.4) is 0 Å². The Morgan fingerprint density at radius 3 is 1.92 bits per heavy atom. The van der Waals surface area contributed by atoms with Crippen LogP contribution in [0, 0.1) is 40.4 Å². The smallest absolute Gasteiger partial charge is 0.187 e. The number of allylic oxidation sites excluding steroid dienone is 1. The summed E-state index contributed by atoms with van der Waals surface area (Å²) in [4.78, 5) is 0. The van der Waals surface area contributed by atoms with Gasteiger partial charge in [-0.15, -0.1) is 0 Å². The number of hydrogen-bond donors (Lipinski definition) is 8. The Labute approximate surface area is 358 Å². The molecule has 16 nitrogen and oxygen atoms in total. The molecule has 0 radical (unpaired) electrons. The zero-order valence-corrected chi connectivity index (χ0v) is 36.3. The molecule has 5 saturated heterocycles. The molecule has 4 aliphatic carbocycles. The second-order valence-corrected chi connectivity index (χ2v) is 20.7. The fraction of sp³-hybridized carbons (Fsp3) is 0.911. The van der Waals surface area contributed by atoms with E-state index >= 15 is 0 Å². The Hall–Kier alpha value is -1.16. The van der Waals surface area contributed by atoms with Gasteiger partial charge in [0.15, 0.2) is 24.7 Å². The van der Waals surface area contributed by atoms with Crippen LogP contribution in [0.25, 0.3) is 0 Å². The van der Waals surface area contributed by atoms with Gasteiger partial charge in [0.05, 0.1) is 43.2 Å². The quantitative estimate of drug-likeness (QED) is 0.175. The molecule has 9 rings (SSSR count). The van der Waals surface area contributed by atoms with E-state index in [1.165, 1.54) is 6.92 Å². The molecule has 0 unspecified atom stereocenters. The van der Waals surface area contributed by atoms with Crippen molar-refractivity contribution in [3.63, 3.8) is 0 Å². The zero-order chi connectivity index (χ0) is 43.7. The van der Waals surface area contributed by atoms with Gasteiger partial charge >= 0.3 is 0 Å². The average Bonchev–Trinajstić information content (AvgIpc) is 3.67. The summed E-state index contributed by atoms with van der Waals surface area (Å²) in [5, 5.41) is 86.5. The molecule has 0 amide bonds. The van der Waals surface area contributed by atoms with E-state index < -0.39 is 116 Å². The summed E-state index contributed by atoms with van der Waals surface area (Å²) in [6.07, 6.45) is -12.4.